The number of nitrogens with two attached hydrogens (primary N) is 1. The molecule has 0 spiro atoms. The average molecular weight is 275 g/mol. The van der Waals surface area contributed by atoms with Crippen LogP contribution in [0.1, 0.15) is 25.3 Å². The molecule has 0 heterocycles. The molecule has 0 bridgehead atoms. The van der Waals surface area contributed by atoms with Crippen LogP contribution in [0.25, 0.3) is 0 Å². The van der Waals surface area contributed by atoms with E-state index in [2.05, 4.69) is 10.6 Å². The molecule has 0 aliphatic heterocycles. The third-order valence-corrected chi connectivity index (χ3v) is 3.50. The zero-order valence-corrected chi connectivity index (χ0v) is 11.7. The number of hydrogen-bond acceptors (Lipinski definition) is 3. The summed E-state index contributed by atoms with van der Waals surface area (Å²) in [4.78, 5) is 23.5. The number of carbonyl (C=O) groups excluding carboxylic acids is 2. The van der Waals surface area contributed by atoms with Crippen LogP contribution in [-0.4, -0.2) is 24.9 Å². The average Bonchev–Trinajstić information content (AvgIpc) is 3.28. The number of hydrogen-bond donors (Lipinski definition) is 3. The lowest BCUT2D eigenvalue weighted by Gasteiger charge is -2.24. The van der Waals surface area contributed by atoms with Crippen LogP contribution in [0.15, 0.2) is 30.3 Å². The Bertz CT molecular complexity index is 481. The number of amides is 2. The monoisotopic (exact) mass is 275 g/mol. The van der Waals surface area contributed by atoms with Gasteiger partial charge >= 0.3 is 0 Å². The van der Waals surface area contributed by atoms with Crippen molar-refractivity contribution in [2.24, 2.45) is 11.7 Å². The third-order valence-electron chi connectivity index (χ3n) is 3.50. The molecule has 1 atom stereocenters. The molecule has 1 aliphatic carbocycles. The van der Waals surface area contributed by atoms with Crippen molar-refractivity contribution in [3.63, 3.8) is 0 Å². The van der Waals surface area contributed by atoms with Gasteiger partial charge in [0.2, 0.25) is 11.8 Å². The summed E-state index contributed by atoms with van der Waals surface area (Å²) < 4.78 is 0. The fraction of sp³-hybridized carbons (Fsp3) is 0.467. The predicted octanol–water partition coefficient (Wildman–Crippen LogP) is 0.503. The molecular weight excluding hydrogens is 254 g/mol. The molecule has 1 fully saturated rings. The lowest BCUT2D eigenvalue weighted by atomic mass is 9.92. The highest BCUT2D eigenvalue weighted by Crippen LogP contribution is 2.28. The molecule has 0 aromatic heterocycles. The van der Waals surface area contributed by atoms with E-state index in [1.165, 1.54) is 0 Å². The molecule has 2 rings (SSSR count). The molecule has 2 amide bonds. The summed E-state index contributed by atoms with van der Waals surface area (Å²) >= 11 is 0. The van der Waals surface area contributed by atoms with E-state index in [-0.39, 0.29) is 17.7 Å². The molecule has 108 valence electrons. The van der Waals surface area contributed by atoms with Gasteiger partial charge in [0.25, 0.3) is 0 Å². The highest BCUT2D eigenvalue weighted by atomic mass is 16.2. The Balaban J connectivity index is 1.77. The summed E-state index contributed by atoms with van der Waals surface area (Å²) in [6.07, 6.45) is 1.96. The smallest absolute Gasteiger partial charge is 0.244 e. The van der Waals surface area contributed by atoms with Crippen LogP contribution in [-0.2, 0) is 15.1 Å². The van der Waals surface area contributed by atoms with Gasteiger partial charge in [-0.2, -0.15) is 0 Å². The van der Waals surface area contributed by atoms with Crippen molar-refractivity contribution in [3.8, 4) is 0 Å². The van der Waals surface area contributed by atoms with E-state index in [1.807, 2.05) is 30.3 Å². The second kappa shape index (κ2) is 6.05. The van der Waals surface area contributed by atoms with Gasteiger partial charge in [0.1, 0.15) is 5.54 Å². The highest BCUT2D eigenvalue weighted by Gasteiger charge is 2.31. The van der Waals surface area contributed by atoms with E-state index in [0.717, 1.165) is 18.4 Å². The number of benzene rings is 1. The maximum atomic E-state index is 12.1. The SMILES string of the molecule is CC(N)(C(=O)NCCNC(=O)C1CC1)c1ccccc1. The summed E-state index contributed by atoms with van der Waals surface area (Å²) in [7, 11) is 0. The van der Waals surface area contributed by atoms with Gasteiger partial charge in [-0.1, -0.05) is 30.3 Å². The standard InChI is InChI=1S/C15H21N3O2/c1-15(16,12-5-3-2-4-6-12)14(20)18-10-9-17-13(19)11-7-8-11/h2-6,11H,7-10,16H2,1H3,(H,17,19)(H,18,20). The van der Waals surface area contributed by atoms with Crippen LogP contribution < -0.4 is 16.4 Å². The van der Waals surface area contributed by atoms with Gasteiger partial charge in [0.05, 0.1) is 0 Å². The molecule has 5 heteroatoms. The molecule has 1 aliphatic rings. The summed E-state index contributed by atoms with van der Waals surface area (Å²) in [5, 5.41) is 5.55. The molecule has 20 heavy (non-hydrogen) atoms. The van der Waals surface area contributed by atoms with Gasteiger partial charge in [-0.25, -0.2) is 0 Å². The summed E-state index contributed by atoms with van der Waals surface area (Å²) in [6.45, 7) is 2.50. The molecule has 1 unspecified atom stereocenters. The molecule has 4 N–H and O–H groups in total. The highest BCUT2D eigenvalue weighted by molar-refractivity contribution is 5.87. The molecule has 0 saturated heterocycles. The lowest BCUT2D eigenvalue weighted by Crippen LogP contribution is -2.50. The Kier molecular flexibility index (Phi) is 4.39. The second-order valence-electron chi connectivity index (χ2n) is 5.39. The van der Waals surface area contributed by atoms with Crippen LogP contribution in [0, 0.1) is 5.92 Å². The first-order chi connectivity index (χ1) is 9.51. The van der Waals surface area contributed by atoms with Gasteiger partial charge in [0, 0.05) is 19.0 Å². The van der Waals surface area contributed by atoms with Gasteiger partial charge in [0.15, 0.2) is 0 Å². The van der Waals surface area contributed by atoms with E-state index in [1.54, 1.807) is 6.92 Å². The summed E-state index contributed by atoms with van der Waals surface area (Å²) in [6, 6.07) is 9.24. The first kappa shape index (κ1) is 14.5. The topological polar surface area (TPSA) is 84.2 Å². The van der Waals surface area contributed by atoms with Crippen LogP contribution in [0.2, 0.25) is 0 Å². The third kappa shape index (κ3) is 3.57. The van der Waals surface area contributed by atoms with Crippen molar-refractivity contribution in [2.45, 2.75) is 25.3 Å². The van der Waals surface area contributed by atoms with Crippen LogP contribution in [0.5, 0.6) is 0 Å². The number of nitrogens with one attached hydrogen (secondary N) is 2. The van der Waals surface area contributed by atoms with E-state index in [9.17, 15) is 9.59 Å². The minimum Gasteiger partial charge on any atom is -0.354 e. The van der Waals surface area contributed by atoms with Gasteiger partial charge in [-0.15, -0.1) is 0 Å². The molecular formula is C15H21N3O2. The quantitative estimate of drug-likeness (QED) is 0.661. The van der Waals surface area contributed by atoms with Crippen molar-refractivity contribution < 1.29 is 9.59 Å². The minimum absolute atomic E-state index is 0.0813. The Morgan fingerprint density at radius 1 is 1.20 bits per heavy atom. The fourth-order valence-corrected chi connectivity index (χ4v) is 1.95. The molecule has 5 nitrogen and oxygen atoms in total. The van der Waals surface area contributed by atoms with Gasteiger partial charge in [-0.3, -0.25) is 9.59 Å². The normalized spacial score (nSPS) is 17.1. The Hall–Kier alpha value is -1.88. The Labute approximate surface area is 118 Å². The first-order valence-electron chi connectivity index (χ1n) is 6.92. The summed E-state index contributed by atoms with van der Waals surface area (Å²) in [5.74, 6) is 0.0250. The number of rotatable bonds is 6. The zero-order chi connectivity index (χ0) is 14.6. The Morgan fingerprint density at radius 2 is 1.80 bits per heavy atom. The van der Waals surface area contributed by atoms with Crippen molar-refractivity contribution >= 4 is 11.8 Å². The van der Waals surface area contributed by atoms with Gasteiger partial charge in [-0.05, 0) is 25.3 Å². The molecule has 1 aromatic carbocycles. The largest absolute Gasteiger partial charge is 0.354 e. The summed E-state index contributed by atoms with van der Waals surface area (Å²) in [5.41, 5.74) is 5.78. The molecule has 1 aromatic rings. The van der Waals surface area contributed by atoms with Crippen molar-refractivity contribution in [2.75, 3.05) is 13.1 Å². The zero-order valence-electron chi connectivity index (χ0n) is 11.7. The van der Waals surface area contributed by atoms with Crippen LogP contribution >= 0.6 is 0 Å². The van der Waals surface area contributed by atoms with E-state index in [4.69, 9.17) is 5.73 Å². The van der Waals surface area contributed by atoms with Crippen LogP contribution in [0.4, 0.5) is 0 Å². The van der Waals surface area contributed by atoms with Crippen molar-refractivity contribution in [1.29, 1.82) is 0 Å². The maximum absolute atomic E-state index is 12.1. The predicted molar refractivity (Wildman–Crippen MR) is 76.7 cm³/mol. The van der Waals surface area contributed by atoms with E-state index >= 15 is 0 Å². The molecule has 1 saturated carbocycles. The Morgan fingerprint density at radius 3 is 2.40 bits per heavy atom. The first-order valence-corrected chi connectivity index (χ1v) is 6.92. The minimum atomic E-state index is -1.07. The number of carbonyl (C=O) groups is 2. The van der Waals surface area contributed by atoms with Gasteiger partial charge < -0.3 is 16.4 Å². The van der Waals surface area contributed by atoms with Crippen LogP contribution in [0.3, 0.4) is 0 Å². The van der Waals surface area contributed by atoms with E-state index < -0.39 is 5.54 Å². The maximum Gasteiger partial charge on any atom is 0.244 e. The fourth-order valence-electron chi connectivity index (χ4n) is 1.95. The van der Waals surface area contributed by atoms with Crippen molar-refractivity contribution in [3.05, 3.63) is 35.9 Å². The van der Waals surface area contributed by atoms with E-state index in [0.29, 0.717) is 13.1 Å². The molecule has 0 radical (unpaired) electrons. The second-order valence-corrected chi connectivity index (χ2v) is 5.39. The van der Waals surface area contributed by atoms with Crippen molar-refractivity contribution in [1.82, 2.24) is 10.6 Å². The lowest BCUT2D eigenvalue weighted by molar-refractivity contribution is -0.126.